The summed E-state index contributed by atoms with van der Waals surface area (Å²) >= 11 is 1.67. The van der Waals surface area contributed by atoms with Gasteiger partial charge in [-0.25, -0.2) is 9.97 Å². The van der Waals surface area contributed by atoms with Crippen molar-refractivity contribution in [1.82, 2.24) is 25.1 Å². The van der Waals surface area contributed by atoms with Gasteiger partial charge in [-0.2, -0.15) is 5.10 Å². The van der Waals surface area contributed by atoms with E-state index in [4.69, 9.17) is 9.47 Å². The number of hydrogen-bond acceptors (Lipinski definition) is 8. The number of nitrogens with zero attached hydrogens (tertiary/aromatic N) is 4. The summed E-state index contributed by atoms with van der Waals surface area (Å²) in [7, 11) is 1.65. The summed E-state index contributed by atoms with van der Waals surface area (Å²) in [6.07, 6.45) is 5.73. The molecule has 0 saturated carbocycles. The number of benzene rings is 1. The Labute approximate surface area is 200 Å². The molecule has 6 rings (SSSR count). The van der Waals surface area contributed by atoms with Crippen LogP contribution < -0.4 is 10.1 Å². The minimum absolute atomic E-state index is 0.237. The van der Waals surface area contributed by atoms with Gasteiger partial charge in [-0.1, -0.05) is 6.92 Å². The summed E-state index contributed by atoms with van der Waals surface area (Å²) in [5, 5.41) is 12.6. The third-order valence-corrected chi connectivity index (χ3v) is 8.12. The molecule has 1 saturated heterocycles. The molecule has 2 aliphatic rings. The van der Waals surface area contributed by atoms with Crippen molar-refractivity contribution in [2.24, 2.45) is 5.41 Å². The molecule has 1 fully saturated rings. The zero-order chi connectivity index (χ0) is 23.3. The molecule has 4 heterocycles. The van der Waals surface area contributed by atoms with Gasteiger partial charge in [0.15, 0.2) is 0 Å². The van der Waals surface area contributed by atoms with E-state index in [2.05, 4.69) is 32.4 Å². The number of carbonyl (C=O) groups excluding carboxylic acids is 1. The van der Waals surface area contributed by atoms with Crippen LogP contribution in [0.4, 0.5) is 11.5 Å². The molecule has 1 atom stereocenters. The van der Waals surface area contributed by atoms with E-state index in [9.17, 15) is 4.79 Å². The van der Waals surface area contributed by atoms with Crippen LogP contribution in [0, 0.1) is 5.41 Å². The number of carbonyl (C=O) groups is 1. The van der Waals surface area contributed by atoms with Gasteiger partial charge in [0.25, 0.3) is 0 Å². The second-order valence-electron chi connectivity index (χ2n) is 9.18. The summed E-state index contributed by atoms with van der Waals surface area (Å²) in [4.78, 5) is 26.7. The number of amides is 1. The number of aromatic nitrogens is 4. The Balaban J connectivity index is 1.35. The quantitative estimate of drug-likeness (QED) is 0.461. The fourth-order valence-electron chi connectivity index (χ4n) is 5.08. The first-order valence-electron chi connectivity index (χ1n) is 11.5. The molecule has 2 N–H and O–H groups in total. The number of hydrogen-bond donors (Lipinski definition) is 2. The molecule has 10 heteroatoms. The van der Waals surface area contributed by atoms with E-state index in [-0.39, 0.29) is 5.91 Å². The lowest BCUT2D eigenvalue weighted by molar-refractivity contribution is -0.146. The number of fused-ring (bicyclic) bond motifs is 4. The molecule has 1 aromatic carbocycles. The van der Waals surface area contributed by atoms with Crippen LogP contribution in [0.25, 0.3) is 21.1 Å². The van der Waals surface area contributed by atoms with Crippen LogP contribution in [0.5, 0.6) is 5.75 Å². The van der Waals surface area contributed by atoms with Gasteiger partial charge in [-0.15, -0.1) is 11.3 Å². The standard InChI is InChI=1S/C24H26N6O3S/c1-24(23(31)30-5-7-33-8-6-30)4-3-15-19(11-24)34-22-20(15)21(25-13-26-22)28-17-9-14-12-27-29-16(14)10-18(17)32-2/h9-10,12-13H,3-8,11H2,1-2H3,(H,27,29)(H,25,26,28)/t24-/m0/s1. The zero-order valence-electron chi connectivity index (χ0n) is 19.2. The fraction of sp³-hybridized carbons (Fsp3) is 0.417. The third kappa shape index (κ3) is 3.48. The number of aromatic amines is 1. The lowest BCUT2D eigenvalue weighted by atomic mass is 9.74. The van der Waals surface area contributed by atoms with Crippen molar-refractivity contribution in [3.8, 4) is 5.75 Å². The second kappa shape index (κ2) is 8.21. The van der Waals surface area contributed by atoms with Gasteiger partial charge in [0.2, 0.25) is 5.91 Å². The summed E-state index contributed by atoms with van der Waals surface area (Å²) in [5.74, 6) is 1.70. The summed E-state index contributed by atoms with van der Waals surface area (Å²) in [6.45, 7) is 4.70. The van der Waals surface area contributed by atoms with Crippen LogP contribution in [-0.2, 0) is 22.4 Å². The highest BCUT2D eigenvalue weighted by atomic mass is 32.1. The molecule has 3 aromatic heterocycles. The van der Waals surface area contributed by atoms with Crippen molar-refractivity contribution in [3.63, 3.8) is 0 Å². The lowest BCUT2D eigenvalue weighted by Gasteiger charge is -2.38. The number of anilines is 2. The van der Waals surface area contributed by atoms with Crippen molar-refractivity contribution in [1.29, 1.82) is 0 Å². The van der Waals surface area contributed by atoms with Gasteiger partial charge in [0.1, 0.15) is 22.7 Å². The van der Waals surface area contributed by atoms with Gasteiger partial charge >= 0.3 is 0 Å². The van der Waals surface area contributed by atoms with Crippen molar-refractivity contribution in [2.75, 3.05) is 38.7 Å². The molecule has 34 heavy (non-hydrogen) atoms. The average molecular weight is 479 g/mol. The van der Waals surface area contributed by atoms with Crippen molar-refractivity contribution in [2.45, 2.75) is 26.2 Å². The number of nitrogens with one attached hydrogen (secondary N) is 2. The van der Waals surface area contributed by atoms with Crippen LogP contribution in [0.2, 0.25) is 0 Å². The van der Waals surface area contributed by atoms with E-state index in [1.165, 1.54) is 10.4 Å². The summed E-state index contributed by atoms with van der Waals surface area (Å²) in [5.41, 5.74) is 2.58. The maximum absolute atomic E-state index is 13.4. The number of H-pyrrole nitrogens is 1. The second-order valence-corrected chi connectivity index (χ2v) is 10.3. The molecule has 0 unspecified atom stereocenters. The summed E-state index contributed by atoms with van der Waals surface area (Å²) in [6, 6.07) is 3.93. The Hall–Kier alpha value is -3.24. The molecule has 0 bridgehead atoms. The lowest BCUT2D eigenvalue weighted by Crippen LogP contribution is -2.49. The molecular formula is C24H26N6O3S. The van der Waals surface area contributed by atoms with Gasteiger partial charge in [-0.05, 0) is 30.9 Å². The van der Waals surface area contributed by atoms with Gasteiger partial charge in [0, 0.05) is 29.4 Å². The van der Waals surface area contributed by atoms with E-state index >= 15 is 0 Å². The van der Waals surface area contributed by atoms with E-state index < -0.39 is 5.41 Å². The minimum atomic E-state index is -0.401. The molecule has 9 nitrogen and oxygen atoms in total. The zero-order valence-corrected chi connectivity index (χ0v) is 20.0. The highest BCUT2D eigenvalue weighted by molar-refractivity contribution is 7.19. The number of methoxy groups -OCH3 is 1. The molecule has 1 amide bonds. The fourth-order valence-corrected chi connectivity index (χ4v) is 6.45. The monoisotopic (exact) mass is 478 g/mol. The van der Waals surface area contributed by atoms with Gasteiger partial charge in [-0.3, -0.25) is 9.89 Å². The third-order valence-electron chi connectivity index (χ3n) is 6.98. The Morgan fingerprint density at radius 2 is 2.15 bits per heavy atom. The summed E-state index contributed by atoms with van der Waals surface area (Å²) < 4.78 is 11.0. The Morgan fingerprint density at radius 3 is 2.97 bits per heavy atom. The van der Waals surface area contributed by atoms with E-state index in [1.807, 2.05) is 17.0 Å². The first kappa shape index (κ1) is 21.3. The van der Waals surface area contributed by atoms with Crippen molar-refractivity contribution in [3.05, 3.63) is 35.1 Å². The van der Waals surface area contributed by atoms with E-state index in [1.54, 1.807) is 31.0 Å². The maximum Gasteiger partial charge on any atom is 0.229 e. The predicted molar refractivity (Wildman–Crippen MR) is 131 cm³/mol. The Bertz CT molecular complexity index is 1390. The predicted octanol–water partition coefficient (Wildman–Crippen LogP) is 3.67. The number of morpholine rings is 1. The Kier molecular flexibility index (Phi) is 5.14. The molecular weight excluding hydrogens is 452 g/mol. The first-order valence-corrected chi connectivity index (χ1v) is 12.3. The van der Waals surface area contributed by atoms with Gasteiger partial charge < -0.3 is 19.7 Å². The average Bonchev–Trinajstić information content (AvgIpc) is 3.47. The largest absolute Gasteiger partial charge is 0.494 e. The van der Waals surface area contributed by atoms with Gasteiger partial charge in [0.05, 0.1) is 48.5 Å². The molecule has 1 aliphatic carbocycles. The van der Waals surface area contributed by atoms with Crippen molar-refractivity contribution < 1.29 is 14.3 Å². The minimum Gasteiger partial charge on any atom is -0.494 e. The van der Waals surface area contributed by atoms with Crippen LogP contribution in [0.3, 0.4) is 0 Å². The van der Waals surface area contributed by atoms with Crippen LogP contribution in [0.1, 0.15) is 23.8 Å². The number of thiophene rings is 1. The van der Waals surface area contributed by atoms with E-state index in [0.29, 0.717) is 32.1 Å². The molecule has 1 aliphatic heterocycles. The maximum atomic E-state index is 13.4. The topological polar surface area (TPSA) is 105 Å². The molecule has 4 aromatic rings. The molecule has 0 spiro atoms. The normalized spacial score (nSPS) is 20.5. The van der Waals surface area contributed by atoms with E-state index in [0.717, 1.165) is 51.9 Å². The van der Waals surface area contributed by atoms with Crippen molar-refractivity contribution >= 4 is 49.9 Å². The smallest absolute Gasteiger partial charge is 0.229 e. The van der Waals surface area contributed by atoms with Crippen LogP contribution >= 0.6 is 11.3 Å². The molecule has 176 valence electrons. The van der Waals surface area contributed by atoms with Crippen LogP contribution in [-0.4, -0.2) is 64.4 Å². The highest BCUT2D eigenvalue weighted by Crippen LogP contribution is 2.45. The number of rotatable bonds is 4. The number of ether oxygens (including phenoxy) is 2. The Morgan fingerprint density at radius 1 is 1.29 bits per heavy atom. The van der Waals surface area contributed by atoms with Crippen LogP contribution in [0.15, 0.2) is 24.7 Å². The highest BCUT2D eigenvalue weighted by Gasteiger charge is 2.41. The number of aryl methyl sites for hydroxylation is 1. The first-order chi connectivity index (χ1) is 16.6. The SMILES string of the molecule is COc1cc2[nH]ncc2cc1Nc1ncnc2sc3c(c12)CC[C@](C)(C(=O)N1CCOCC1)C3. The molecule has 0 radical (unpaired) electrons.